The van der Waals surface area contributed by atoms with Crippen molar-refractivity contribution in [1.29, 1.82) is 0 Å². The topological polar surface area (TPSA) is 106 Å². The van der Waals surface area contributed by atoms with Crippen LogP contribution >= 0.6 is 0 Å². The minimum Gasteiger partial charge on any atom is -0.508 e. The van der Waals surface area contributed by atoms with E-state index in [9.17, 15) is 9.50 Å². The minimum atomic E-state index is -0.563. The molecule has 3 aromatic heterocycles. The summed E-state index contributed by atoms with van der Waals surface area (Å²) in [6, 6.07) is 7.71. The molecule has 0 amide bonds. The number of aromatic nitrogens is 5. The number of hydrogen-bond donors (Lipinski definition) is 2. The number of nitrogens with zero attached hydrogens (tertiary/aromatic N) is 6. The largest absolute Gasteiger partial charge is 0.508 e. The first-order valence-corrected chi connectivity index (χ1v) is 9.76. The molecule has 0 radical (unpaired) electrons. The molecule has 0 bridgehead atoms. The SMILES string of the molecule is Nc1ncnc2c1c(-c1cc(O)cc(F)c1)nn2Cc1cccnc1N1CCCC1. The molecule has 0 saturated carbocycles. The van der Waals surface area contributed by atoms with Crippen molar-refractivity contribution in [2.75, 3.05) is 23.7 Å². The highest BCUT2D eigenvalue weighted by atomic mass is 19.1. The van der Waals surface area contributed by atoms with Crippen LogP contribution in [-0.2, 0) is 6.54 Å². The predicted octanol–water partition coefficient (Wildman–Crippen LogP) is 2.96. The second kappa shape index (κ2) is 7.25. The Morgan fingerprint density at radius 3 is 2.73 bits per heavy atom. The van der Waals surface area contributed by atoms with Crippen LogP contribution in [0.2, 0.25) is 0 Å². The second-order valence-corrected chi connectivity index (χ2v) is 7.34. The third-order valence-electron chi connectivity index (χ3n) is 5.31. The van der Waals surface area contributed by atoms with Crippen molar-refractivity contribution in [1.82, 2.24) is 24.7 Å². The van der Waals surface area contributed by atoms with Crippen molar-refractivity contribution >= 4 is 22.7 Å². The number of nitrogen functional groups attached to an aromatic ring is 1. The summed E-state index contributed by atoms with van der Waals surface area (Å²) < 4.78 is 15.6. The molecule has 1 fully saturated rings. The Morgan fingerprint density at radius 2 is 1.93 bits per heavy atom. The molecule has 8 nitrogen and oxygen atoms in total. The smallest absolute Gasteiger partial charge is 0.164 e. The zero-order valence-electron chi connectivity index (χ0n) is 16.2. The average Bonchev–Trinajstić information content (AvgIpc) is 3.37. The van der Waals surface area contributed by atoms with Gasteiger partial charge >= 0.3 is 0 Å². The fourth-order valence-corrected chi connectivity index (χ4v) is 3.98. The minimum absolute atomic E-state index is 0.188. The first kappa shape index (κ1) is 18.3. The molecule has 5 rings (SSSR count). The van der Waals surface area contributed by atoms with Gasteiger partial charge in [-0.1, -0.05) is 6.07 Å². The number of phenols is 1. The lowest BCUT2D eigenvalue weighted by Gasteiger charge is -2.19. The van der Waals surface area contributed by atoms with Gasteiger partial charge < -0.3 is 15.7 Å². The zero-order valence-corrected chi connectivity index (χ0v) is 16.2. The lowest BCUT2D eigenvalue weighted by Crippen LogP contribution is -2.21. The van der Waals surface area contributed by atoms with E-state index in [0.717, 1.165) is 43.4 Å². The third kappa shape index (κ3) is 3.18. The van der Waals surface area contributed by atoms with Gasteiger partial charge in [-0.05, 0) is 31.0 Å². The number of fused-ring (bicyclic) bond motifs is 1. The van der Waals surface area contributed by atoms with Gasteiger partial charge in [0.05, 0.1) is 11.9 Å². The lowest BCUT2D eigenvalue weighted by molar-refractivity contribution is 0.469. The van der Waals surface area contributed by atoms with E-state index in [4.69, 9.17) is 5.73 Å². The van der Waals surface area contributed by atoms with Gasteiger partial charge in [0.25, 0.3) is 0 Å². The number of phenolic OH excluding ortho intramolecular Hbond substituents is 1. The Kier molecular flexibility index (Phi) is 4.42. The lowest BCUT2D eigenvalue weighted by atomic mass is 10.1. The number of hydrogen-bond acceptors (Lipinski definition) is 7. The Labute approximate surface area is 171 Å². The van der Waals surface area contributed by atoms with Gasteiger partial charge in [0.1, 0.15) is 35.2 Å². The van der Waals surface area contributed by atoms with E-state index in [1.54, 1.807) is 10.9 Å². The maximum Gasteiger partial charge on any atom is 0.164 e. The van der Waals surface area contributed by atoms with Gasteiger partial charge in [-0.25, -0.2) is 24.0 Å². The number of aromatic hydroxyl groups is 1. The van der Waals surface area contributed by atoms with Crippen molar-refractivity contribution in [3.8, 4) is 17.0 Å². The Balaban J connectivity index is 1.64. The number of benzene rings is 1. The third-order valence-corrected chi connectivity index (χ3v) is 5.31. The van der Waals surface area contributed by atoms with Crippen molar-refractivity contribution in [3.63, 3.8) is 0 Å². The molecule has 0 unspecified atom stereocenters. The summed E-state index contributed by atoms with van der Waals surface area (Å²) in [4.78, 5) is 15.3. The van der Waals surface area contributed by atoms with Crippen LogP contribution in [0.4, 0.5) is 16.0 Å². The first-order valence-electron chi connectivity index (χ1n) is 9.76. The van der Waals surface area contributed by atoms with Gasteiger partial charge in [-0.2, -0.15) is 5.10 Å². The zero-order chi connectivity index (χ0) is 20.7. The van der Waals surface area contributed by atoms with Crippen LogP contribution in [0.15, 0.2) is 42.9 Å². The summed E-state index contributed by atoms with van der Waals surface area (Å²) in [6.45, 7) is 2.38. The van der Waals surface area contributed by atoms with Gasteiger partial charge in [0, 0.05) is 36.5 Å². The van der Waals surface area contributed by atoms with Crippen LogP contribution in [0.1, 0.15) is 18.4 Å². The van der Waals surface area contributed by atoms with Gasteiger partial charge in [0.2, 0.25) is 0 Å². The molecule has 1 aliphatic rings. The van der Waals surface area contributed by atoms with E-state index in [1.807, 2.05) is 12.1 Å². The van der Waals surface area contributed by atoms with E-state index < -0.39 is 5.82 Å². The van der Waals surface area contributed by atoms with Crippen LogP contribution < -0.4 is 10.6 Å². The van der Waals surface area contributed by atoms with Crippen molar-refractivity contribution in [3.05, 3.63) is 54.2 Å². The highest BCUT2D eigenvalue weighted by Crippen LogP contribution is 2.33. The van der Waals surface area contributed by atoms with Crippen LogP contribution in [-0.4, -0.2) is 42.9 Å². The normalized spacial score (nSPS) is 14.0. The standard InChI is InChI=1S/C21H20FN7O/c22-15-8-14(9-16(30)10-15)18-17-19(23)25-12-26-21(17)29(27-18)11-13-4-3-5-24-20(13)28-6-1-2-7-28/h3-5,8-10,12,30H,1-2,6-7,11H2,(H2,23,25,26). The molecule has 9 heteroatoms. The van der Waals surface area contributed by atoms with Crippen LogP contribution in [0.25, 0.3) is 22.3 Å². The van der Waals surface area contributed by atoms with Crippen LogP contribution in [0.5, 0.6) is 5.75 Å². The second-order valence-electron chi connectivity index (χ2n) is 7.34. The number of nitrogens with two attached hydrogens (primary N) is 1. The Hall–Kier alpha value is -3.75. The predicted molar refractivity (Wildman–Crippen MR) is 112 cm³/mol. The highest BCUT2D eigenvalue weighted by Gasteiger charge is 2.21. The van der Waals surface area contributed by atoms with E-state index in [0.29, 0.717) is 28.8 Å². The van der Waals surface area contributed by atoms with Crippen molar-refractivity contribution in [2.45, 2.75) is 19.4 Å². The quantitative estimate of drug-likeness (QED) is 0.538. The summed E-state index contributed by atoms with van der Waals surface area (Å²) in [6.07, 6.45) is 5.47. The molecule has 4 aromatic rings. The molecular formula is C21H20FN7O. The van der Waals surface area contributed by atoms with E-state index in [-0.39, 0.29) is 11.6 Å². The molecule has 3 N–H and O–H groups in total. The van der Waals surface area contributed by atoms with Gasteiger partial charge in [-0.15, -0.1) is 0 Å². The summed E-state index contributed by atoms with van der Waals surface area (Å²) in [5.74, 6) is 0.431. The molecule has 1 saturated heterocycles. The molecule has 1 aliphatic heterocycles. The summed E-state index contributed by atoms with van der Waals surface area (Å²) in [5, 5.41) is 15.0. The Bertz CT molecular complexity index is 1210. The maximum absolute atomic E-state index is 13.9. The summed E-state index contributed by atoms with van der Waals surface area (Å²) in [7, 11) is 0. The monoisotopic (exact) mass is 405 g/mol. The molecular weight excluding hydrogens is 385 g/mol. The number of halogens is 1. The van der Waals surface area contributed by atoms with Crippen LogP contribution in [0.3, 0.4) is 0 Å². The van der Waals surface area contributed by atoms with E-state index in [1.165, 1.54) is 18.5 Å². The molecule has 30 heavy (non-hydrogen) atoms. The molecule has 152 valence electrons. The van der Waals surface area contributed by atoms with Gasteiger partial charge in [0.15, 0.2) is 5.65 Å². The fraction of sp³-hybridized carbons (Fsp3) is 0.238. The van der Waals surface area contributed by atoms with Crippen molar-refractivity contribution in [2.24, 2.45) is 0 Å². The van der Waals surface area contributed by atoms with Gasteiger partial charge in [-0.3, -0.25) is 0 Å². The van der Waals surface area contributed by atoms with E-state index in [2.05, 4.69) is 25.0 Å². The molecule has 0 spiro atoms. The molecule has 4 heterocycles. The summed E-state index contributed by atoms with van der Waals surface area (Å²) in [5.41, 5.74) is 8.50. The van der Waals surface area contributed by atoms with E-state index >= 15 is 0 Å². The average molecular weight is 405 g/mol. The first-order chi connectivity index (χ1) is 14.6. The van der Waals surface area contributed by atoms with Crippen molar-refractivity contribution < 1.29 is 9.50 Å². The summed E-state index contributed by atoms with van der Waals surface area (Å²) >= 11 is 0. The molecule has 0 atom stereocenters. The van der Waals surface area contributed by atoms with Crippen LogP contribution in [0, 0.1) is 5.82 Å². The molecule has 1 aromatic carbocycles. The fourth-order valence-electron chi connectivity index (χ4n) is 3.98. The Morgan fingerprint density at radius 1 is 1.10 bits per heavy atom. The molecule has 0 aliphatic carbocycles. The maximum atomic E-state index is 13.9. The number of anilines is 2. The number of pyridine rings is 1. The number of rotatable bonds is 4. The highest BCUT2D eigenvalue weighted by molar-refractivity contribution is 5.98.